The molecule has 2 atom stereocenters. The molecule has 6 heteroatoms. The van der Waals surface area contributed by atoms with Crippen LogP contribution in [0.2, 0.25) is 0 Å². The van der Waals surface area contributed by atoms with Crippen LogP contribution < -0.4 is 10.2 Å². The molecule has 1 aliphatic rings. The lowest BCUT2D eigenvalue weighted by Gasteiger charge is -2.28. The fourth-order valence-electron chi connectivity index (χ4n) is 5.01. The summed E-state index contributed by atoms with van der Waals surface area (Å²) in [7, 11) is 0. The minimum absolute atomic E-state index is 0.221. The highest BCUT2D eigenvalue weighted by Crippen LogP contribution is 2.44. The predicted octanol–water partition coefficient (Wildman–Crippen LogP) is 6.42. The molecule has 0 radical (unpaired) electrons. The van der Waals surface area contributed by atoms with Gasteiger partial charge in [0.25, 0.3) is 0 Å². The van der Waals surface area contributed by atoms with Crippen LogP contribution in [0, 0.1) is 33.5 Å². The predicted molar refractivity (Wildman–Crippen MR) is 139 cm³/mol. The third kappa shape index (κ3) is 3.59. The van der Waals surface area contributed by atoms with Crippen LogP contribution in [0.4, 0.5) is 10.1 Å². The van der Waals surface area contributed by atoms with Crippen LogP contribution >= 0.6 is 12.2 Å². The van der Waals surface area contributed by atoms with E-state index in [1.165, 1.54) is 17.2 Å². The Morgan fingerprint density at radius 3 is 2.38 bits per heavy atom. The fraction of sp³-hybridized carbons (Fsp3) is 0.214. The standard InChI is InChI=1S/C28H27FN4S/c1-17-10-9-14-24(19(17)3)32-18(2)16-21(20(32)4)27-26(23-12-7-8-15-30-23)31-28(34)33(27)25-13-6-5-11-22(25)29/h5-16,26-27H,1-4H3,(H,31,34)/t26-,27-/m1/s1. The van der Waals surface area contributed by atoms with Crippen LogP contribution in [0.3, 0.4) is 0 Å². The molecular weight excluding hydrogens is 443 g/mol. The topological polar surface area (TPSA) is 33.1 Å². The number of nitrogens with zero attached hydrogens (tertiary/aromatic N) is 3. The number of pyridine rings is 1. The summed E-state index contributed by atoms with van der Waals surface area (Å²) < 4.78 is 17.3. The summed E-state index contributed by atoms with van der Waals surface area (Å²) in [4.78, 5) is 6.52. The molecule has 172 valence electrons. The monoisotopic (exact) mass is 470 g/mol. The number of aromatic nitrogens is 2. The summed E-state index contributed by atoms with van der Waals surface area (Å²) in [5.74, 6) is -0.304. The van der Waals surface area contributed by atoms with Crippen LogP contribution in [-0.4, -0.2) is 14.7 Å². The number of anilines is 1. The minimum Gasteiger partial charge on any atom is -0.351 e. The van der Waals surface area contributed by atoms with Gasteiger partial charge in [-0.3, -0.25) is 4.98 Å². The summed E-state index contributed by atoms with van der Waals surface area (Å²) in [5.41, 5.74) is 8.27. The van der Waals surface area contributed by atoms with E-state index in [0.29, 0.717) is 10.8 Å². The third-order valence-corrected chi connectivity index (χ3v) is 7.13. The summed E-state index contributed by atoms with van der Waals surface area (Å²) in [6.45, 7) is 8.52. The molecule has 1 aliphatic heterocycles. The van der Waals surface area contributed by atoms with Crippen molar-refractivity contribution in [2.45, 2.75) is 39.8 Å². The van der Waals surface area contributed by atoms with Gasteiger partial charge in [-0.25, -0.2) is 4.39 Å². The van der Waals surface area contributed by atoms with E-state index in [1.54, 1.807) is 18.3 Å². The number of para-hydroxylation sites is 1. The van der Waals surface area contributed by atoms with E-state index in [0.717, 1.165) is 28.3 Å². The number of halogens is 1. The number of thiocarbonyl (C=S) groups is 1. The van der Waals surface area contributed by atoms with Crippen molar-refractivity contribution in [3.8, 4) is 5.69 Å². The Bertz CT molecular complexity index is 1380. The quantitative estimate of drug-likeness (QED) is 0.349. The number of rotatable bonds is 4. The average Bonchev–Trinajstić information content (AvgIpc) is 3.32. The molecule has 0 saturated carbocycles. The smallest absolute Gasteiger partial charge is 0.174 e. The normalized spacial score (nSPS) is 17.8. The maximum absolute atomic E-state index is 15.0. The van der Waals surface area contributed by atoms with Crippen molar-refractivity contribution in [3.63, 3.8) is 0 Å². The third-order valence-electron chi connectivity index (χ3n) is 6.82. The molecule has 0 aliphatic carbocycles. The van der Waals surface area contributed by atoms with Crippen molar-refractivity contribution in [3.05, 3.63) is 113 Å². The number of benzene rings is 2. The van der Waals surface area contributed by atoms with Gasteiger partial charge in [0.1, 0.15) is 5.82 Å². The van der Waals surface area contributed by atoms with Gasteiger partial charge in [0.05, 0.1) is 23.5 Å². The second kappa shape index (κ2) is 8.69. The Morgan fingerprint density at radius 1 is 0.912 bits per heavy atom. The van der Waals surface area contributed by atoms with E-state index >= 15 is 4.39 Å². The molecule has 4 nitrogen and oxygen atoms in total. The molecule has 5 rings (SSSR count). The largest absolute Gasteiger partial charge is 0.351 e. The van der Waals surface area contributed by atoms with Crippen LogP contribution in [0.25, 0.3) is 5.69 Å². The maximum atomic E-state index is 15.0. The van der Waals surface area contributed by atoms with E-state index in [9.17, 15) is 0 Å². The SMILES string of the molecule is Cc1cccc(-n2c(C)cc([C@@H]3[C@@H](c4ccccn4)NC(=S)N3c3ccccc3F)c2C)c1C. The van der Waals surface area contributed by atoms with Crippen molar-refractivity contribution in [2.24, 2.45) is 0 Å². The van der Waals surface area contributed by atoms with Crippen molar-refractivity contribution < 1.29 is 4.39 Å². The van der Waals surface area contributed by atoms with Gasteiger partial charge >= 0.3 is 0 Å². The zero-order chi connectivity index (χ0) is 24.0. The van der Waals surface area contributed by atoms with Crippen molar-refractivity contribution >= 4 is 23.0 Å². The summed E-state index contributed by atoms with van der Waals surface area (Å²) in [5, 5.41) is 3.92. The first-order valence-electron chi connectivity index (χ1n) is 11.4. The Morgan fingerprint density at radius 2 is 1.65 bits per heavy atom. The minimum atomic E-state index is -0.304. The number of hydrogen-bond acceptors (Lipinski definition) is 2. The first-order chi connectivity index (χ1) is 16.4. The van der Waals surface area contributed by atoms with Gasteiger partial charge in [-0.2, -0.15) is 0 Å². The van der Waals surface area contributed by atoms with Crippen molar-refractivity contribution in [2.75, 3.05) is 4.90 Å². The van der Waals surface area contributed by atoms with Crippen molar-refractivity contribution in [1.82, 2.24) is 14.9 Å². The van der Waals surface area contributed by atoms with Gasteiger partial charge in [-0.1, -0.05) is 30.3 Å². The zero-order valence-corrected chi connectivity index (χ0v) is 20.5. The Kier molecular flexibility index (Phi) is 5.70. The zero-order valence-electron chi connectivity index (χ0n) is 19.7. The van der Waals surface area contributed by atoms with E-state index in [4.69, 9.17) is 12.2 Å². The molecular formula is C28H27FN4S. The highest BCUT2D eigenvalue weighted by molar-refractivity contribution is 7.80. The number of hydrogen-bond donors (Lipinski definition) is 1. The lowest BCUT2D eigenvalue weighted by Crippen LogP contribution is -2.30. The summed E-state index contributed by atoms with van der Waals surface area (Å²) in [6, 6.07) is 20.7. The molecule has 1 N–H and O–H groups in total. The number of nitrogens with one attached hydrogen (secondary N) is 1. The molecule has 0 amide bonds. The molecule has 2 aromatic carbocycles. The van der Waals surface area contributed by atoms with Gasteiger partial charge in [-0.05, 0) is 93.0 Å². The van der Waals surface area contributed by atoms with Crippen LogP contribution in [0.15, 0.2) is 72.9 Å². The Labute approximate surface area is 205 Å². The van der Waals surface area contributed by atoms with Gasteiger partial charge in [0.2, 0.25) is 0 Å². The number of aryl methyl sites for hydroxylation is 2. The molecule has 4 aromatic rings. The van der Waals surface area contributed by atoms with Crippen LogP contribution in [-0.2, 0) is 0 Å². The lowest BCUT2D eigenvalue weighted by atomic mass is 9.96. The summed E-state index contributed by atoms with van der Waals surface area (Å²) in [6.07, 6.45) is 1.78. The molecule has 3 heterocycles. The van der Waals surface area contributed by atoms with Gasteiger partial charge < -0.3 is 14.8 Å². The van der Waals surface area contributed by atoms with Crippen LogP contribution in [0.1, 0.15) is 45.9 Å². The van der Waals surface area contributed by atoms with E-state index in [-0.39, 0.29) is 17.9 Å². The molecule has 1 fully saturated rings. The second-order valence-electron chi connectivity index (χ2n) is 8.83. The van der Waals surface area contributed by atoms with Gasteiger partial charge in [0, 0.05) is 23.3 Å². The molecule has 0 bridgehead atoms. The first-order valence-corrected chi connectivity index (χ1v) is 11.8. The highest BCUT2D eigenvalue weighted by Gasteiger charge is 2.43. The van der Waals surface area contributed by atoms with Gasteiger partial charge in [-0.15, -0.1) is 0 Å². The fourth-order valence-corrected chi connectivity index (χ4v) is 5.35. The highest BCUT2D eigenvalue weighted by atomic mass is 32.1. The van der Waals surface area contributed by atoms with E-state index in [2.05, 4.69) is 66.8 Å². The lowest BCUT2D eigenvalue weighted by molar-refractivity contribution is 0.556. The molecule has 1 saturated heterocycles. The average molecular weight is 471 g/mol. The van der Waals surface area contributed by atoms with Crippen LogP contribution in [0.5, 0.6) is 0 Å². The Balaban J connectivity index is 1.72. The van der Waals surface area contributed by atoms with Gasteiger partial charge in [0.15, 0.2) is 5.11 Å². The van der Waals surface area contributed by atoms with Crippen molar-refractivity contribution in [1.29, 1.82) is 0 Å². The van der Waals surface area contributed by atoms with E-state index in [1.807, 2.05) is 29.2 Å². The molecule has 0 spiro atoms. The maximum Gasteiger partial charge on any atom is 0.174 e. The second-order valence-corrected chi connectivity index (χ2v) is 9.22. The molecule has 2 aromatic heterocycles. The Hall–Kier alpha value is -3.51. The summed E-state index contributed by atoms with van der Waals surface area (Å²) >= 11 is 5.76. The molecule has 0 unspecified atom stereocenters. The van der Waals surface area contributed by atoms with E-state index < -0.39 is 0 Å². The molecule has 34 heavy (non-hydrogen) atoms. The first kappa shape index (κ1) is 22.3.